The lowest BCUT2D eigenvalue weighted by Gasteiger charge is -2.15. The minimum absolute atomic E-state index is 0.217. The second-order valence-electron chi connectivity index (χ2n) is 5.74. The predicted octanol–water partition coefficient (Wildman–Crippen LogP) is 2.09. The number of aryl methyl sites for hydroxylation is 2. The van der Waals surface area contributed by atoms with Crippen molar-refractivity contribution < 1.29 is 9.90 Å². The number of amides is 2. The minimum atomic E-state index is -0.419. The van der Waals surface area contributed by atoms with Gasteiger partial charge in [-0.3, -0.25) is 5.32 Å². The highest BCUT2D eigenvalue weighted by Crippen LogP contribution is 2.17. The van der Waals surface area contributed by atoms with E-state index in [4.69, 9.17) is 0 Å². The van der Waals surface area contributed by atoms with Crippen LogP contribution in [0.1, 0.15) is 17.7 Å². The van der Waals surface area contributed by atoms with Crippen molar-refractivity contribution in [3.05, 3.63) is 41.6 Å². The maximum absolute atomic E-state index is 12.1. The van der Waals surface area contributed by atoms with E-state index in [1.165, 1.54) is 5.56 Å². The molecule has 1 fully saturated rings. The van der Waals surface area contributed by atoms with Crippen molar-refractivity contribution in [2.75, 3.05) is 18.4 Å². The molecule has 6 heteroatoms. The van der Waals surface area contributed by atoms with Crippen LogP contribution in [0.15, 0.2) is 30.3 Å². The Morgan fingerprint density at radius 3 is 2.68 bits per heavy atom. The predicted molar refractivity (Wildman–Crippen MR) is 84.3 cm³/mol. The number of hydrogen-bond acceptors (Lipinski definition) is 3. The molecular formula is C16H20N4O2. The largest absolute Gasteiger partial charge is 0.391 e. The van der Waals surface area contributed by atoms with Crippen molar-refractivity contribution >= 4 is 11.8 Å². The number of likely N-dealkylation sites (tertiary alicyclic amines) is 1. The van der Waals surface area contributed by atoms with Crippen LogP contribution in [-0.2, 0) is 0 Å². The molecule has 1 aliphatic heterocycles. The quantitative estimate of drug-likeness (QED) is 0.892. The van der Waals surface area contributed by atoms with Crippen LogP contribution < -0.4 is 5.32 Å². The van der Waals surface area contributed by atoms with E-state index < -0.39 is 6.10 Å². The first-order chi connectivity index (χ1) is 10.5. The van der Waals surface area contributed by atoms with E-state index in [0.29, 0.717) is 25.3 Å². The van der Waals surface area contributed by atoms with Gasteiger partial charge in [0.2, 0.25) is 0 Å². The van der Waals surface area contributed by atoms with Gasteiger partial charge < -0.3 is 10.0 Å². The highest BCUT2D eigenvalue weighted by molar-refractivity contribution is 5.88. The van der Waals surface area contributed by atoms with Gasteiger partial charge in [-0.15, -0.1) is 5.10 Å². The molecule has 0 bridgehead atoms. The van der Waals surface area contributed by atoms with Gasteiger partial charge in [0, 0.05) is 24.8 Å². The molecular weight excluding hydrogens is 280 g/mol. The normalized spacial score (nSPS) is 17.8. The molecule has 0 spiro atoms. The van der Waals surface area contributed by atoms with Crippen molar-refractivity contribution in [3.63, 3.8) is 0 Å². The summed E-state index contributed by atoms with van der Waals surface area (Å²) in [6.07, 6.45) is 0.210. The van der Waals surface area contributed by atoms with E-state index in [1.54, 1.807) is 9.58 Å². The number of carbonyl (C=O) groups excluding carboxylic acids is 1. The number of β-amino-alcohol motifs (C(OH)–C–C–N with tert-alkyl or cyclic N) is 1. The Bertz CT molecular complexity index is 678. The van der Waals surface area contributed by atoms with Crippen molar-refractivity contribution in [2.45, 2.75) is 26.4 Å². The summed E-state index contributed by atoms with van der Waals surface area (Å²) < 4.78 is 1.80. The number of aliphatic hydroxyl groups is 1. The van der Waals surface area contributed by atoms with Gasteiger partial charge in [0.05, 0.1) is 11.8 Å². The number of urea groups is 1. The fraction of sp³-hybridized carbons (Fsp3) is 0.375. The molecule has 1 atom stereocenters. The van der Waals surface area contributed by atoms with E-state index in [0.717, 1.165) is 11.4 Å². The summed E-state index contributed by atoms with van der Waals surface area (Å²) in [5.74, 6) is 0.518. The van der Waals surface area contributed by atoms with Gasteiger partial charge in [0.15, 0.2) is 5.82 Å². The third-order valence-electron chi connectivity index (χ3n) is 3.85. The molecule has 6 nitrogen and oxygen atoms in total. The highest BCUT2D eigenvalue weighted by Gasteiger charge is 2.25. The molecule has 0 aliphatic carbocycles. The number of aliphatic hydroxyl groups excluding tert-OH is 1. The lowest BCUT2D eigenvalue weighted by molar-refractivity contribution is 0.176. The first-order valence-electron chi connectivity index (χ1n) is 7.40. The van der Waals surface area contributed by atoms with Crippen LogP contribution in [0.5, 0.6) is 0 Å². The Morgan fingerprint density at radius 1 is 1.32 bits per heavy atom. The van der Waals surface area contributed by atoms with Gasteiger partial charge in [0.25, 0.3) is 0 Å². The van der Waals surface area contributed by atoms with Crippen LogP contribution in [0.4, 0.5) is 10.6 Å². The number of aromatic nitrogens is 2. The van der Waals surface area contributed by atoms with Gasteiger partial charge in [-0.05, 0) is 32.4 Å². The average Bonchev–Trinajstić information content (AvgIpc) is 3.06. The van der Waals surface area contributed by atoms with Gasteiger partial charge in [-0.25, -0.2) is 9.48 Å². The molecule has 1 aliphatic rings. The van der Waals surface area contributed by atoms with Crippen LogP contribution in [-0.4, -0.2) is 45.0 Å². The first-order valence-corrected chi connectivity index (χ1v) is 7.40. The maximum Gasteiger partial charge on any atom is 0.323 e. The Kier molecular flexibility index (Phi) is 3.85. The molecule has 0 unspecified atom stereocenters. The van der Waals surface area contributed by atoms with Crippen LogP contribution >= 0.6 is 0 Å². The zero-order valence-corrected chi connectivity index (χ0v) is 12.8. The molecule has 0 saturated carbocycles. The molecule has 3 rings (SSSR count). The van der Waals surface area contributed by atoms with Crippen LogP contribution in [0.3, 0.4) is 0 Å². The number of hydrogen-bond donors (Lipinski definition) is 2. The topological polar surface area (TPSA) is 70.4 Å². The van der Waals surface area contributed by atoms with Crippen molar-refractivity contribution in [1.29, 1.82) is 0 Å². The minimum Gasteiger partial charge on any atom is -0.391 e. The lowest BCUT2D eigenvalue weighted by Crippen LogP contribution is -2.33. The number of rotatable bonds is 2. The Hall–Kier alpha value is -2.34. The van der Waals surface area contributed by atoms with E-state index in [1.807, 2.05) is 44.2 Å². The van der Waals surface area contributed by atoms with Crippen molar-refractivity contribution in [1.82, 2.24) is 14.7 Å². The summed E-state index contributed by atoms with van der Waals surface area (Å²) in [6, 6.07) is 9.67. The Morgan fingerprint density at radius 2 is 2.05 bits per heavy atom. The number of benzene rings is 1. The smallest absolute Gasteiger partial charge is 0.323 e. The molecule has 116 valence electrons. The van der Waals surface area contributed by atoms with Crippen molar-refractivity contribution in [3.8, 4) is 5.69 Å². The second-order valence-corrected chi connectivity index (χ2v) is 5.74. The number of nitrogens with zero attached hydrogens (tertiary/aromatic N) is 3. The summed E-state index contributed by atoms with van der Waals surface area (Å²) in [7, 11) is 0. The molecule has 1 saturated heterocycles. The number of nitrogens with one attached hydrogen (secondary N) is 1. The standard InChI is InChI=1S/C16H20N4O2/c1-11-3-5-13(6-4-11)20-12(2)9-15(18-20)17-16(22)19-8-7-14(21)10-19/h3-6,9,14,21H,7-8,10H2,1-2H3,(H,17,18,22)/t14-/m1/s1. The molecule has 0 radical (unpaired) electrons. The molecule has 2 heterocycles. The summed E-state index contributed by atoms with van der Waals surface area (Å²) in [4.78, 5) is 13.7. The maximum atomic E-state index is 12.1. The fourth-order valence-electron chi connectivity index (χ4n) is 2.60. The monoisotopic (exact) mass is 300 g/mol. The zero-order valence-electron chi connectivity index (χ0n) is 12.8. The van der Waals surface area contributed by atoms with Gasteiger partial charge >= 0.3 is 6.03 Å². The van der Waals surface area contributed by atoms with Crippen molar-refractivity contribution in [2.24, 2.45) is 0 Å². The Balaban J connectivity index is 1.75. The summed E-state index contributed by atoms with van der Waals surface area (Å²) in [6.45, 7) is 4.94. The van der Waals surface area contributed by atoms with Crippen LogP contribution in [0, 0.1) is 13.8 Å². The third kappa shape index (κ3) is 2.96. The average molecular weight is 300 g/mol. The second kappa shape index (κ2) is 5.81. The molecule has 22 heavy (non-hydrogen) atoms. The zero-order chi connectivity index (χ0) is 15.7. The molecule has 2 aromatic rings. The number of anilines is 1. The van der Waals surface area contributed by atoms with E-state index in [2.05, 4.69) is 10.4 Å². The van der Waals surface area contributed by atoms with Crippen LogP contribution in [0.25, 0.3) is 5.69 Å². The highest BCUT2D eigenvalue weighted by atomic mass is 16.3. The fourth-order valence-corrected chi connectivity index (χ4v) is 2.60. The SMILES string of the molecule is Cc1ccc(-n2nc(NC(=O)N3CC[C@@H](O)C3)cc2C)cc1. The Labute approximate surface area is 129 Å². The third-order valence-corrected chi connectivity index (χ3v) is 3.85. The van der Waals surface area contributed by atoms with E-state index in [9.17, 15) is 9.90 Å². The number of carbonyl (C=O) groups is 1. The first kappa shape index (κ1) is 14.6. The van der Waals surface area contributed by atoms with Gasteiger partial charge in [-0.1, -0.05) is 17.7 Å². The summed E-state index contributed by atoms with van der Waals surface area (Å²) in [5, 5.41) is 16.7. The lowest BCUT2D eigenvalue weighted by atomic mass is 10.2. The summed E-state index contributed by atoms with van der Waals surface area (Å²) >= 11 is 0. The summed E-state index contributed by atoms with van der Waals surface area (Å²) in [5.41, 5.74) is 3.09. The van der Waals surface area contributed by atoms with E-state index >= 15 is 0 Å². The van der Waals surface area contributed by atoms with Crippen LogP contribution in [0.2, 0.25) is 0 Å². The van der Waals surface area contributed by atoms with E-state index in [-0.39, 0.29) is 6.03 Å². The molecule has 1 aromatic heterocycles. The van der Waals surface area contributed by atoms with Gasteiger partial charge in [-0.2, -0.15) is 0 Å². The molecule has 2 N–H and O–H groups in total. The molecule has 2 amide bonds. The molecule has 1 aromatic carbocycles. The van der Waals surface area contributed by atoms with Gasteiger partial charge in [0.1, 0.15) is 0 Å².